The van der Waals surface area contributed by atoms with Gasteiger partial charge in [-0.25, -0.2) is 4.79 Å². The first-order chi connectivity index (χ1) is 11.5. The van der Waals surface area contributed by atoms with Crippen LogP contribution in [0.2, 0.25) is 0 Å². The van der Waals surface area contributed by atoms with Gasteiger partial charge in [-0.05, 0) is 37.6 Å². The largest absolute Gasteiger partial charge is 0.462 e. The van der Waals surface area contributed by atoms with Crippen molar-refractivity contribution < 1.29 is 14.3 Å². The molecule has 122 valence electrons. The molecule has 3 heterocycles. The molecule has 5 heteroatoms. The second-order valence-electron chi connectivity index (χ2n) is 5.57. The smallest absolute Gasteiger partial charge is 0.338 e. The van der Waals surface area contributed by atoms with Crippen molar-refractivity contribution >= 4 is 17.3 Å². The SMILES string of the molecule is CCOC(=O)c1cc2cc(-c3cccnc3)cn2c(C(C)=O)c1C. The van der Waals surface area contributed by atoms with E-state index < -0.39 is 5.97 Å². The Balaban J connectivity index is 2.26. The normalized spacial score (nSPS) is 10.8. The molecule has 0 radical (unpaired) electrons. The highest BCUT2D eigenvalue weighted by atomic mass is 16.5. The molecule has 0 aromatic carbocycles. The topological polar surface area (TPSA) is 60.7 Å². The van der Waals surface area contributed by atoms with Gasteiger partial charge in [0.1, 0.15) is 0 Å². The predicted molar refractivity (Wildman–Crippen MR) is 91.3 cm³/mol. The van der Waals surface area contributed by atoms with Crippen molar-refractivity contribution in [2.24, 2.45) is 0 Å². The van der Waals surface area contributed by atoms with Crippen LogP contribution in [0, 0.1) is 6.92 Å². The maximum Gasteiger partial charge on any atom is 0.338 e. The molecular formula is C19H18N2O3. The standard InChI is InChI=1S/C19H18N2O3/c1-4-24-19(23)17-9-16-8-15(14-6-5-7-20-10-14)11-21(16)18(12(17)2)13(3)22/h5-11H,4H2,1-3H3. The van der Waals surface area contributed by atoms with Gasteiger partial charge in [0.2, 0.25) is 0 Å². The van der Waals surface area contributed by atoms with Crippen molar-refractivity contribution in [2.45, 2.75) is 20.8 Å². The summed E-state index contributed by atoms with van der Waals surface area (Å²) in [6.45, 7) is 5.32. The number of Topliss-reactive ketones (excluding diaryl/α,β-unsaturated/α-hetero) is 1. The van der Waals surface area contributed by atoms with E-state index in [9.17, 15) is 9.59 Å². The zero-order chi connectivity index (χ0) is 17.3. The van der Waals surface area contributed by atoms with Crippen molar-refractivity contribution in [1.29, 1.82) is 0 Å². The minimum absolute atomic E-state index is 0.100. The molecule has 0 amide bonds. The van der Waals surface area contributed by atoms with Crippen LogP contribution in [0.5, 0.6) is 0 Å². The van der Waals surface area contributed by atoms with Crippen LogP contribution in [0.3, 0.4) is 0 Å². The number of pyridine rings is 2. The Morgan fingerprint density at radius 3 is 2.67 bits per heavy atom. The van der Waals surface area contributed by atoms with Crippen LogP contribution in [0.1, 0.15) is 40.3 Å². The molecule has 0 saturated heterocycles. The molecule has 24 heavy (non-hydrogen) atoms. The second-order valence-corrected chi connectivity index (χ2v) is 5.57. The summed E-state index contributed by atoms with van der Waals surface area (Å²) in [5.41, 5.74) is 4.20. The lowest BCUT2D eigenvalue weighted by Gasteiger charge is -2.12. The quantitative estimate of drug-likeness (QED) is 0.543. The zero-order valence-corrected chi connectivity index (χ0v) is 13.9. The zero-order valence-electron chi connectivity index (χ0n) is 13.9. The van der Waals surface area contributed by atoms with E-state index in [-0.39, 0.29) is 5.78 Å². The number of aromatic nitrogens is 2. The molecule has 0 aliphatic carbocycles. The summed E-state index contributed by atoms with van der Waals surface area (Å²) >= 11 is 0. The lowest BCUT2D eigenvalue weighted by molar-refractivity contribution is 0.0525. The molecule has 0 spiro atoms. The number of ketones is 1. The number of fused-ring (bicyclic) bond motifs is 1. The minimum atomic E-state index is -0.413. The fraction of sp³-hybridized carbons (Fsp3) is 0.211. The Bertz CT molecular complexity index is 927. The van der Waals surface area contributed by atoms with Gasteiger partial charge in [0.15, 0.2) is 5.78 Å². The van der Waals surface area contributed by atoms with Crippen molar-refractivity contribution in [3.8, 4) is 11.1 Å². The predicted octanol–water partition coefficient (Wildman–Crippen LogP) is 3.69. The maximum atomic E-state index is 12.2. The van der Waals surface area contributed by atoms with E-state index in [1.165, 1.54) is 6.92 Å². The number of ether oxygens (including phenoxy) is 1. The van der Waals surface area contributed by atoms with Gasteiger partial charge < -0.3 is 9.14 Å². The van der Waals surface area contributed by atoms with Crippen LogP contribution < -0.4 is 0 Å². The Hall–Kier alpha value is -2.95. The Labute approximate surface area is 139 Å². The van der Waals surface area contributed by atoms with Crippen molar-refractivity contribution in [3.63, 3.8) is 0 Å². The highest BCUT2D eigenvalue weighted by Gasteiger charge is 2.20. The number of rotatable bonds is 4. The van der Waals surface area contributed by atoms with Crippen LogP contribution in [0.4, 0.5) is 0 Å². The van der Waals surface area contributed by atoms with Crippen LogP contribution >= 0.6 is 0 Å². The summed E-state index contributed by atoms with van der Waals surface area (Å²) in [5, 5.41) is 0. The second kappa shape index (κ2) is 6.28. The van der Waals surface area contributed by atoms with E-state index in [1.807, 2.05) is 28.8 Å². The molecule has 0 N–H and O–H groups in total. The average molecular weight is 322 g/mol. The molecule has 0 aliphatic rings. The third kappa shape index (κ3) is 2.69. The Morgan fingerprint density at radius 2 is 2.04 bits per heavy atom. The van der Waals surface area contributed by atoms with E-state index in [1.54, 1.807) is 32.3 Å². The van der Waals surface area contributed by atoms with Gasteiger partial charge in [-0.1, -0.05) is 6.07 Å². The highest BCUT2D eigenvalue weighted by molar-refractivity contribution is 6.01. The van der Waals surface area contributed by atoms with Crippen LogP contribution in [0.25, 0.3) is 16.6 Å². The molecule has 0 atom stereocenters. The van der Waals surface area contributed by atoms with Gasteiger partial charge in [0.25, 0.3) is 0 Å². The summed E-state index contributed by atoms with van der Waals surface area (Å²) in [7, 11) is 0. The minimum Gasteiger partial charge on any atom is -0.462 e. The van der Waals surface area contributed by atoms with Gasteiger partial charge in [-0.2, -0.15) is 0 Å². The van der Waals surface area contributed by atoms with Gasteiger partial charge in [0, 0.05) is 42.2 Å². The Morgan fingerprint density at radius 1 is 1.25 bits per heavy atom. The van der Waals surface area contributed by atoms with Crippen molar-refractivity contribution in [2.75, 3.05) is 6.61 Å². The monoisotopic (exact) mass is 322 g/mol. The van der Waals surface area contributed by atoms with E-state index >= 15 is 0 Å². The summed E-state index contributed by atoms with van der Waals surface area (Å²) < 4.78 is 6.94. The Kier molecular flexibility index (Phi) is 4.16. The number of hydrogen-bond acceptors (Lipinski definition) is 4. The van der Waals surface area contributed by atoms with Gasteiger partial charge in [-0.15, -0.1) is 0 Å². The molecule has 5 nitrogen and oxygen atoms in total. The van der Waals surface area contributed by atoms with Crippen molar-refractivity contribution in [3.05, 3.63) is 59.7 Å². The number of nitrogens with zero attached hydrogens (tertiary/aromatic N) is 2. The van der Waals surface area contributed by atoms with Crippen LogP contribution in [0.15, 0.2) is 42.9 Å². The van der Waals surface area contributed by atoms with Crippen LogP contribution in [-0.4, -0.2) is 27.7 Å². The highest BCUT2D eigenvalue weighted by Crippen LogP contribution is 2.27. The van der Waals surface area contributed by atoms with E-state index in [4.69, 9.17) is 4.74 Å². The van der Waals surface area contributed by atoms with Gasteiger partial charge in [-0.3, -0.25) is 9.78 Å². The third-order valence-electron chi connectivity index (χ3n) is 3.97. The molecule has 0 saturated carbocycles. The molecule has 3 aromatic rings. The maximum absolute atomic E-state index is 12.2. The summed E-state index contributed by atoms with van der Waals surface area (Å²) in [6, 6.07) is 7.51. The first kappa shape index (κ1) is 15.9. The van der Waals surface area contributed by atoms with E-state index in [0.717, 1.165) is 16.6 Å². The first-order valence-electron chi connectivity index (χ1n) is 7.77. The molecule has 0 unspecified atom stereocenters. The molecule has 0 aliphatic heterocycles. The number of esters is 1. The summed E-state index contributed by atoms with van der Waals surface area (Å²) in [4.78, 5) is 28.5. The average Bonchev–Trinajstić information content (AvgIpc) is 2.98. The number of carbonyl (C=O) groups is 2. The molecule has 3 aromatic heterocycles. The summed E-state index contributed by atoms with van der Waals surface area (Å²) in [5.74, 6) is -0.513. The fourth-order valence-electron chi connectivity index (χ4n) is 2.89. The van der Waals surface area contributed by atoms with E-state index in [0.29, 0.717) is 23.4 Å². The molecular weight excluding hydrogens is 304 g/mol. The van der Waals surface area contributed by atoms with Crippen LogP contribution in [-0.2, 0) is 4.74 Å². The fourth-order valence-corrected chi connectivity index (χ4v) is 2.89. The van der Waals surface area contributed by atoms with E-state index in [2.05, 4.69) is 4.98 Å². The van der Waals surface area contributed by atoms with Crippen molar-refractivity contribution in [1.82, 2.24) is 9.38 Å². The molecule has 0 fully saturated rings. The first-order valence-corrected chi connectivity index (χ1v) is 7.77. The lowest BCUT2D eigenvalue weighted by atomic mass is 10.0. The lowest BCUT2D eigenvalue weighted by Crippen LogP contribution is -2.13. The number of carbonyl (C=O) groups excluding carboxylic acids is 2. The third-order valence-corrected chi connectivity index (χ3v) is 3.97. The molecule has 0 bridgehead atoms. The van der Waals surface area contributed by atoms with Gasteiger partial charge >= 0.3 is 5.97 Å². The van der Waals surface area contributed by atoms with Gasteiger partial charge in [0.05, 0.1) is 17.9 Å². The molecule has 3 rings (SSSR count). The summed E-state index contributed by atoms with van der Waals surface area (Å²) in [6.07, 6.45) is 5.37. The number of hydrogen-bond donors (Lipinski definition) is 0.